The molecule has 31 heavy (non-hydrogen) atoms. The van der Waals surface area contributed by atoms with Crippen molar-refractivity contribution in [1.82, 2.24) is 30.4 Å². The van der Waals surface area contributed by atoms with Gasteiger partial charge in [-0.15, -0.1) is 10.2 Å². The molecule has 0 spiro atoms. The van der Waals surface area contributed by atoms with E-state index in [2.05, 4.69) is 25.9 Å². The third-order valence-corrected chi connectivity index (χ3v) is 5.80. The van der Waals surface area contributed by atoms with Gasteiger partial charge in [0.2, 0.25) is 5.91 Å². The maximum atomic E-state index is 12.2. The van der Waals surface area contributed by atoms with Gasteiger partial charge in [-0.05, 0) is 37.1 Å². The molecule has 0 radical (unpaired) electrons. The Kier molecular flexibility index (Phi) is 7.11. The molecule has 2 aromatic heterocycles. The van der Waals surface area contributed by atoms with E-state index in [9.17, 15) is 9.59 Å². The number of thioether (sulfide) groups is 1. The lowest BCUT2D eigenvalue weighted by Gasteiger charge is -2.10. The van der Waals surface area contributed by atoms with Gasteiger partial charge >= 0.3 is 0 Å². The second-order valence-corrected chi connectivity index (χ2v) is 8.15. The standard InChI is InChI=1S/C21H24N6O3S/c28-19(23-13-16-7-4-12-30-16)14-31-20-9-8-17-24-25-18(27(17)26-20)10-11-22-21(29)15-5-2-1-3-6-15/h1-3,5-6,8-9,16H,4,7,10-14H2,(H,22,29)(H,23,28). The average molecular weight is 441 g/mol. The van der Waals surface area contributed by atoms with E-state index in [4.69, 9.17) is 4.74 Å². The second-order valence-electron chi connectivity index (χ2n) is 7.16. The molecule has 1 aliphatic heterocycles. The SMILES string of the molecule is O=C(CSc1ccc2nnc(CCNC(=O)c3ccccc3)n2n1)NCC1CCCO1. The number of hydrogen-bond donors (Lipinski definition) is 2. The van der Waals surface area contributed by atoms with E-state index >= 15 is 0 Å². The number of carbonyl (C=O) groups excluding carboxylic acids is 2. The number of nitrogens with zero attached hydrogens (tertiary/aromatic N) is 4. The minimum atomic E-state index is -0.132. The van der Waals surface area contributed by atoms with E-state index in [1.807, 2.05) is 30.3 Å². The van der Waals surface area contributed by atoms with Gasteiger partial charge in [0, 0.05) is 31.7 Å². The van der Waals surface area contributed by atoms with Gasteiger partial charge in [0.15, 0.2) is 11.5 Å². The van der Waals surface area contributed by atoms with Crippen LogP contribution in [0.2, 0.25) is 0 Å². The van der Waals surface area contributed by atoms with E-state index in [1.165, 1.54) is 11.8 Å². The molecular weight excluding hydrogens is 416 g/mol. The van der Waals surface area contributed by atoms with E-state index < -0.39 is 0 Å². The lowest BCUT2D eigenvalue weighted by Crippen LogP contribution is -2.32. The van der Waals surface area contributed by atoms with Crippen molar-refractivity contribution in [3.8, 4) is 0 Å². The summed E-state index contributed by atoms with van der Waals surface area (Å²) in [5, 5.41) is 19.3. The molecule has 1 aromatic carbocycles. The van der Waals surface area contributed by atoms with Gasteiger partial charge in [-0.25, -0.2) is 0 Å². The minimum absolute atomic E-state index is 0.0463. The zero-order valence-electron chi connectivity index (χ0n) is 17.0. The Labute approximate surface area is 184 Å². The zero-order valence-corrected chi connectivity index (χ0v) is 17.8. The molecule has 10 heteroatoms. The topological polar surface area (TPSA) is 111 Å². The Morgan fingerprint density at radius 3 is 2.81 bits per heavy atom. The van der Waals surface area contributed by atoms with Crippen LogP contribution in [0.1, 0.15) is 29.0 Å². The molecule has 1 saturated heterocycles. The number of fused-ring (bicyclic) bond motifs is 1. The first-order valence-corrected chi connectivity index (χ1v) is 11.2. The van der Waals surface area contributed by atoms with Crippen LogP contribution in [0.4, 0.5) is 0 Å². The molecule has 0 saturated carbocycles. The second kappa shape index (κ2) is 10.4. The summed E-state index contributed by atoms with van der Waals surface area (Å²) in [6, 6.07) is 12.7. The molecule has 4 rings (SSSR count). The van der Waals surface area contributed by atoms with Gasteiger partial charge in [-0.3, -0.25) is 9.59 Å². The molecule has 1 atom stereocenters. The number of nitrogens with one attached hydrogen (secondary N) is 2. The number of ether oxygens (including phenoxy) is 1. The molecule has 162 valence electrons. The monoisotopic (exact) mass is 440 g/mol. The quantitative estimate of drug-likeness (QED) is 0.485. The van der Waals surface area contributed by atoms with Crippen LogP contribution in [0.15, 0.2) is 47.5 Å². The van der Waals surface area contributed by atoms with Crippen molar-refractivity contribution in [1.29, 1.82) is 0 Å². The van der Waals surface area contributed by atoms with Crippen molar-refractivity contribution in [2.24, 2.45) is 0 Å². The lowest BCUT2D eigenvalue weighted by atomic mass is 10.2. The molecule has 3 aromatic rings. The summed E-state index contributed by atoms with van der Waals surface area (Å²) >= 11 is 1.35. The van der Waals surface area contributed by atoms with Crippen molar-refractivity contribution in [3.05, 3.63) is 53.9 Å². The Hall–Kier alpha value is -2.98. The Morgan fingerprint density at radius 2 is 2.00 bits per heavy atom. The Balaban J connectivity index is 1.28. The van der Waals surface area contributed by atoms with Gasteiger partial charge in [0.25, 0.3) is 5.91 Å². The highest BCUT2D eigenvalue weighted by atomic mass is 32.2. The summed E-state index contributed by atoms with van der Waals surface area (Å²) in [5.41, 5.74) is 1.24. The molecule has 1 unspecified atom stereocenters. The average Bonchev–Trinajstić information content (AvgIpc) is 3.47. The molecule has 0 bridgehead atoms. The number of aromatic nitrogens is 4. The van der Waals surface area contributed by atoms with Crippen molar-refractivity contribution < 1.29 is 14.3 Å². The number of carbonyl (C=O) groups is 2. The van der Waals surface area contributed by atoms with E-state index in [0.29, 0.717) is 41.6 Å². The normalized spacial score (nSPS) is 15.8. The smallest absolute Gasteiger partial charge is 0.251 e. The Morgan fingerprint density at radius 1 is 1.13 bits per heavy atom. The molecular formula is C21H24N6O3S. The molecule has 3 heterocycles. The summed E-state index contributed by atoms with van der Waals surface area (Å²) in [7, 11) is 0. The molecule has 2 N–H and O–H groups in total. The Bertz CT molecular complexity index is 1040. The van der Waals surface area contributed by atoms with Gasteiger partial charge in [-0.2, -0.15) is 9.61 Å². The fourth-order valence-corrected chi connectivity index (χ4v) is 3.94. The maximum absolute atomic E-state index is 12.2. The third kappa shape index (κ3) is 5.80. The fraction of sp³-hybridized carbons (Fsp3) is 0.381. The van der Waals surface area contributed by atoms with Gasteiger partial charge in [-0.1, -0.05) is 30.0 Å². The highest BCUT2D eigenvalue weighted by Crippen LogP contribution is 2.16. The molecule has 1 aliphatic rings. The predicted molar refractivity (Wildman–Crippen MR) is 116 cm³/mol. The van der Waals surface area contributed by atoms with Crippen LogP contribution in [0, 0.1) is 0 Å². The highest BCUT2D eigenvalue weighted by molar-refractivity contribution is 7.99. The molecule has 0 aliphatic carbocycles. The van der Waals surface area contributed by atoms with Crippen molar-refractivity contribution in [2.75, 3.05) is 25.4 Å². The number of rotatable bonds is 9. The van der Waals surface area contributed by atoms with E-state index in [1.54, 1.807) is 16.6 Å². The zero-order chi connectivity index (χ0) is 21.5. The first kappa shape index (κ1) is 21.3. The highest BCUT2D eigenvalue weighted by Gasteiger charge is 2.16. The minimum Gasteiger partial charge on any atom is -0.376 e. The van der Waals surface area contributed by atoms with Gasteiger partial charge in [0.05, 0.1) is 11.9 Å². The van der Waals surface area contributed by atoms with Crippen LogP contribution >= 0.6 is 11.8 Å². The van der Waals surface area contributed by atoms with Crippen LogP contribution in [-0.2, 0) is 16.0 Å². The summed E-state index contributed by atoms with van der Waals surface area (Å²) in [5.74, 6) is 0.742. The lowest BCUT2D eigenvalue weighted by molar-refractivity contribution is -0.119. The van der Waals surface area contributed by atoms with Crippen LogP contribution in [0.3, 0.4) is 0 Å². The van der Waals surface area contributed by atoms with Crippen LogP contribution in [0.5, 0.6) is 0 Å². The predicted octanol–water partition coefficient (Wildman–Crippen LogP) is 1.48. The summed E-state index contributed by atoms with van der Waals surface area (Å²) in [6.45, 7) is 1.74. The number of amides is 2. The summed E-state index contributed by atoms with van der Waals surface area (Å²) in [4.78, 5) is 24.2. The van der Waals surface area contributed by atoms with Crippen molar-refractivity contribution in [2.45, 2.75) is 30.4 Å². The number of benzene rings is 1. The van der Waals surface area contributed by atoms with Crippen LogP contribution in [0.25, 0.3) is 5.65 Å². The van der Waals surface area contributed by atoms with Gasteiger partial charge < -0.3 is 15.4 Å². The summed E-state index contributed by atoms with van der Waals surface area (Å²) < 4.78 is 7.17. The molecule has 1 fully saturated rings. The molecule has 9 nitrogen and oxygen atoms in total. The molecule has 2 amide bonds. The van der Waals surface area contributed by atoms with Crippen molar-refractivity contribution >= 4 is 29.2 Å². The van der Waals surface area contributed by atoms with Crippen LogP contribution in [-0.4, -0.2) is 63.2 Å². The summed E-state index contributed by atoms with van der Waals surface area (Å²) in [6.07, 6.45) is 2.66. The first-order valence-electron chi connectivity index (χ1n) is 10.2. The van der Waals surface area contributed by atoms with E-state index in [-0.39, 0.29) is 23.7 Å². The first-order chi connectivity index (χ1) is 15.2. The van der Waals surface area contributed by atoms with Gasteiger partial charge in [0.1, 0.15) is 5.03 Å². The largest absolute Gasteiger partial charge is 0.376 e. The fourth-order valence-electron chi connectivity index (χ4n) is 3.25. The maximum Gasteiger partial charge on any atom is 0.251 e. The van der Waals surface area contributed by atoms with E-state index in [0.717, 1.165) is 19.4 Å². The third-order valence-electron chi connectivity index (χ3n) is 4.88. The number of hydrogen-bond acceptors (Lipinski definition) is 7. The van der Waals surface area contributed by atoms with Crippen molar-refractivity contribution in [3.63, 3.8) is 0 Å². The van der Waals surface area contributed by atoms with Crippen LogP contribution < -0.4 is 10.6 Å².